The lowest BCUT2D eigenvalue weighted by Crippen LogP contribution is -2.56. The third-order valence-corrected chi connectivity index (χ3v) is 5.90. The second kappa shape index (κ2) is 7.55. The molecule has 24 heavy (non-hydrogen) atoms. The first-order valence-electron chi connectivity index (χ1n) is 9.30. The van der Waals surface area contributed by atoms with E-state index in [4.69, 9.17) is 0 Å². The lowest BCUT2D eigenvalue weighted by Gasteiger charge is -2.43. The fourth-order valence-electron chi connectivity index (χ4n) is 4.25. The molecule has 0 spiro atoms. The lowest BCUT2D eigenvalue weighted by atomic mass is 9.80. The molecule has 0 aromatic carbocycles. The fraction of sp³-hybridized carbons (Fsp3) is 0.778. The third-order valence-electron chi connectivity index (χ3n) is 5.90. The van der Waals surface area contributed by atoms with Crippen LogP contribution in [0.25, 0.3) is 0 Å². The molecule has 1 atom stereocenters. The Balaban J connectivity index is 1.57. The quantitative estimate of drug-likeness (QED) is 0.900. The van der Waals surface area contributed by atoms with Gasteiger partial charge in [0.15, 0.2) is 0 Å². The van der Waals surface area contributed by atoms with Gasteiger partial charge >= 0.3 is 6.03 Å². The Kier molecular flexibility index (Phi) is 5.43. The minimum Gasteiger partial charge on any atom is -0.336 e. The van der Waals surface area contributed by atoms with E-state index in [1.54, 1.807) is 6.20 Å². The van der Waals surface area contributed by atoms with E-state index in [-0.39, 0.29) is 17.6 Å². The highest BCUT2D eigenvalue weighted by molar-refractivity contribution is 5.75. The number of aromatic nitrogens is 2. The van der Waals surface area contributed by atoms with E-state index in [0.717, 1.165) is 32.5 Å². The second-order valence-electron chi connectivity index (χ2n) is 7.56. The van der Waals surface area contributed by atoms with Gasteiger partial charge in [-0.05, 0) is 45.8 Å². The van der Waals surface area contributed by atoms with Crippen LogP contribution in [0.2, 0.25) is 0 Å². The van der Waals surface area contributed by atoms with Crippen LogP contribution in [0.4, 0.5) is 4.79 Å². The zero-order chi connectivity index (χ0) is 17.0. The van der Waals surface area contributed by atoms with Crippen LogP contribution in [0.5, 0.6) is 0 Å². The second-order valence-corrected chi connectivity index (χ2v) is 7.56. The maximum absolute atomic E-state index is 12.8. The maximum atomic E-state index is 12.8. The van der Waals surface area contributed by atoms with Crippen molar-refractivity contribution in [2.75, 3.05) is 27.2 Å². The van der Waals surface area contributed by atoms with E-state index in [2.05, 4.69) is 29.4 Å². The van der Waals surface area contributed by atoms with E-state index < -0.39 is 0 Å². The first-order valence-corrected chi connectivity index (χ1v) is 9.30. The van der Waals surface area contributed by atoms with Gasteiger partial charge in [0.25, 0.3) is 0 Å². The smallest absolute Gasteiger partial charge is 0.317 e. The van der Waals surface area contributed by atoms with Gasteiger partial charge < -0.3 is 15.1 Å². The van der Waals surface area contributed by atoms with Crippen molar-refractivity contribution in [2.24, 2.45) is 0 Å². The molecule has 6 nitrogen and oxygen atoms in total. The number of likely N-dealkylation sites (tertiary alicyclic amines) is 1. The summed E-state index contributed by atoms with van der Waals surface area (Å²) < 4.78 is 1.93. The largest absolute Gasteiger partial charge is 0.336 e. The van der Waals surface area contributed by atoms with Crippen molar-refractivity contribution < 1.29 is 4.79 Å². The van der Waals surface area contributed by atoms with Gasteiger partial charge in [0.2, 0.25) is 0 Å². The number of carbonyl (C=O) groups is 1. The molecule has 2 aliphatic rings. The number of nitrogens with one attached hydrogen (secondary N) is 1. The number of hydrogen-bond donors (Lipinski definition) is 1. The Morgan fingerprint density at radius 2 is 2.08 bits per heavy atom. The molecule has 1 aliphatic carbocycles. The van der Waals surface area contributed by atoms with E-state index in [9.17, 15) is 4.79 Å². The average molecular weight is 333 g/mol. The molecule has 2 heterocycles. The fourth-order valence-corrected chi connectivity index (χ4v) is 4.25. The molecule has 3 rings (SSSR count). The first-order chi connectivity index (χ1) is 11.6. The van der Waals surface area contributed by atoms with Gasteiger partial charge in [0.1, 0.15) is 0 Å². The van der Waals surface area contributed by atoms with Crippen LogP contribution in [0, 0.1) is 0 Å². The summed E-state index contributed by atoms with van der Waals surface area (Å²) in [5.74, 6) is 0. The molecule has 0 bridgehead atoms. The highest BCUT2D eigenvalue weighted by Crippen LogP contribution is 2.31. The van der Waals surface area contributed by atoms with Gasteiger partial charge in [-0.25, -0.2) is 4.79 Å². The molecule has 1 saturated heterocycles. The van der Waals surface area contributed by atoms with Crippen molar-refractivity contribution in [3.63, 3.8) is 0 Å². The summed E-state index contributed by atoms with van der Waals surface area (Å²) in [6.45, 7) is 2.40. The Labute approximate surface area is 145 Å². The molecule has 6 heteroatoms. The predicted octanol–water partition coefficient (Wildman–Crippen LogP) is 2.32. The molecule has 1 aromatic heterocycles. The van der Waals surface area contributed by atoms with Crippen LogP contribution >= 0.6 is 0 Å². The molecular formula is C18H31N5O. The standard InChI is InChI=1S/C18H31N5O/c1-21(2)18(9-4-3-5-10-18)15-19-17(24)23-13-6-8-16(23)14-22-12-7-11-20-22/h7,11-12,16H,3-6,8-10,13-15H2,1-2H3,(H,19,24). The van der Waals surface area contributed by atoms with Crippen molar-refractivity contribution in [2.45, 2.75) is 63.1 Å². The van der Waals surface area contributed by atoms with E-state index in [1.807, 2.05) is 21.8 Å². The average Bonchev–Trinajstić information content (AvgIpc) is 3.26. The molecule has 1 saturated carbocycles. The molecule has 1 aliphatic heterocycles. The minimum atomic E-state index is 0.0939. The van der Waals surface area contributed by atoms with Gasteiger partial charge in [-0.1, -0.05) is 19.3 Å². The number of carbonyl (C=O) groups excluding carboxylic acids is 1. The first kappa shape index (κ1) is 17.3. The molecular weight excluding hydrogens is 302 g/mol. The number of hydrogen-bond acceptors (Lipinski definition) is 3. The van der Waals surface area contributed by atoms with Crippen molar-refractivity contribution in [1.29, 1.82) is 0 Å². The molecule has 1 N–H and O–H groups in total. The Bertz CT molecular complexity index is 522. The number of likely N-dealkylation sites (N-methyl/N-ethyl adjacent to an activating group) is 1. The lowest BCUT2D eigenvalue weighted by molar-refractivity contribution is 0.0970. The monoisotopic (exact) mass is 333 g/mol. The predicted molar refractivity (Wildman–Crippen MR) is 94.9 cm³/mol. The van der Waals surface area contributed by atoms with E-state index >= 15 is 0 Å². The van der Waals surface area contributed by atoms with Crippen molar-refractivity contribution >= 4 is 6.03 Å². The maximum Gasteiger partial charge on any atom is 0.317 e. The van der Waals surface area contributed by atoms with Crippen LogP contribution in [-0.2, 0) is 6.54 Å². The summed E-state index contributed by atoms with van der Waals surface area (Å²) in [5, 5.41) is 7.52. The number of urea groups is 1. The topological polar surface area (TPSA) is 53.4 Å². The zero-order valence-electron chi connectivity index (χ0n) is 15.1. The summed E-state index contributed by atoms with van der Waals surface area (Å²) in [6, 6.07) is 2.28. The van der Waals surface area contributed by atoms with Crippen LogP contribution in [-0.4, -0.2) is 64.4 Å². The summed E-state index contributed by atoms with van der Waals surface area (Å²) in [5.41, 5.74) is 0.130. The van der Waals surface area contributed by atoms with Gasteiger partial charge in [0.05, 0.1) is 12.6 Å². The summed E-state index contributed by atoms with van der Waals surface area (Å²) in [4.78, 5) is 17.1. The van der Waals surface area contributed by atoms with Crippen LogP contribution in [0.1, 0.15) is 44.9 Å². The Hall–Kier alpha value is -1.56. The molecule has 2 fully saturated rings. The van der Waals surface area contributed by atoms with E-state index in [0.29, 0.717) is 0 Å². The van der Waals surface area contributed by atoms with Crippen molar-refractivity contribution in [3.05, 3.63) is 18.5 Å². The van der Waals surface area contributed by atoms with E-state index in [1.165, 1.54) is 32.1 Å². The Morgan fingerprint density at radius 3 is 2.75 bits per heavy atom. The summed E-state index contributed by atoms with van der Waals surface area (Å²) in [6.07, 6.45) is 12.1. The number of rotatable bonds is 5. The van der Waals surface area contributed by atoms with Gasteiger partial charge in [0, 0.05) is 31.0 Å². The molecule has 1 unspecified atom stereocenters. The van der Waals surface area contributed by atoms with Gasteiger partial charge in [-0.15, -0.1) is 0 Å². The number of amides is 2. The minimum absolute atomic E-state index is 0.0939. The van der Waals surface area contributed by atoms with Crippen molar-refractivity contribution in [1.82, 2.24) is 24.9 Å². The van der Waals surface area contributed by atoms with Crippen LogP contribution in [0.15, 0.2) is 18.5 Å². The van der Waals surface area contributed by atoms with Crippen LogP contribution in [0.3, 0.4) is 0 Å². The van der Waals surface area contributed by atoms with Gasteiger partial charge in [-0.2, -0.15) is 5.10 Å². The highest BCUT2D eigenvalue weighted by Gasteiger charge is 2.36. The third kappa shape index (κ3) is 3.74. The zero-order valence-corrected chi connectivity index (χ0v) is 15.1. The van der Waals surface area contributed by atoms with Gasteiger partial charge in [-0.3, -0.25) is 4.68 Å². The molecule has 1 aromatic rings. The SMILES string of the molecule is CN(C)C1(CNC(=O)N2CCCC2Cn2cccn2)CCCCC1. The summed E-state index contributed by atoms with van der Waals surface area (Å²) >= 11 is 0. The molecule has 2 amide bonds. The Morgan fingerprint density at radius 1 is 1.29 bits per heavy atom. The molecule has 134 valence electrons. The number of nitrogens with zero attached hydrogens (tertiary/aromatic N) is 4. The summed E-state index contributed by atoms with van der Waals surface area (Å²) in [7, 11) is 4.29. The highest BCUT2D eigenvalue weighted by atomic mass is 16.2. The molecule has 0 radical (unpaired) electrons. The van der Waals surface area contributed by atoms with Crippen molar-refractivity contribution in [3.8, 4) is 0 Å². The van der Waals surface area contributed by atoms with Crippen LogP contribution < -0.4 is 5.32 Å². The normalized spacial score (nSPS) is 23.6.